The predicted molar refractivity (Wildman–Crippen MR) is 333 cm³/mol. The second kappa shape index (κ2) is 19.3. The van der Waals surface area contributed by atoms with Gasteiger partial charge in [-0.05, 0) is 183 Å². The van der Waals surface area contributed by atoms with Gasteiger partial charge in [-0.1, -0.05) is 275 Å². The Kier molecular flexibility index (Phi) is 15.4. The summed E-state index contributed by atoms with van der Waals surface area (Å²) in [6.45, 7) is 72.0. The highest BCUT2D eigenvalue weighted by Crippen LogP contribution is 2.57. The Morgan fingerprint density at radius 3 is 0.573 bits per heavy atom. The van der Waals surface area contributed by atoms with Crippen molar-refractivity contribution in [2.75, 3.05) is 0 Å². The Morgan fingerprint density at radius 1 is 0.227 bits per heavy atom. The van der Waals surface area contributed by atoms with Crippen LogP contribution in [0.15, 0.2) is 72.8 Å². The van der Waals surface area contributed by atoms with Gasteiger partial charge < -0.3 is 0 Å². The molecule has 6 aromatic rings. The molecule has 0 N–H and O–H groups in total. The molecule has 6 rings (SSSR count). The lowest BCUT2D eigenvalue weighted by atomic mass is 9.63. The van der Waals surface area contributed by atoms with Gasteiger partial charge in [0.25, 0.3) is 0 Å². The molecule has 0 aliphatic carbocycles. The SMILES string of the molecule is Cc1cc(C(C)(C)C)c(-c2[c]ccc(C(C)(C)c3cc[c]c(-c4c(C(C)(C)C)cc(C)cc4C(C)(C)C)c3-c3c(C(C)(C)C)cc(C)cc3C(C)(C)C)c2-c2c(C(C)(C)C)cc(C)cc2C(C)(C)C)c(C(C)(C)C)c1. The zero-order valence-electron chi connectivity index (χ0n) is 53.4. The molecule has 6 aromatic carbocycles. The third-order valence-electron chi connectivity index (χ3n) is 15.9. The van der Waals surface area contributed by atoms with E-state index in [1.807, 2.05) is 0 Å². The first-order chi connectivity index (χ1) is 33.7. The summed E-state index contributed by atoms with van der Waals surface area (Å²) >= 11 is 0. The van der Waals surface area contributed by atoms with E-state index in [1.54, 1.807) is 0 Å². The highest BCUT2D eigenvalue weighted by molar-refractivity contribution is 5.96. The Morgan fingerprint density at radius 2 is 0.400 bits per heavy atom. The molecule has 0 aliphatic rings. The Bertz CT molecular complexity index is 2770. The topological polar surface area (TPSA) is 0 Å². The van der Waals surface area contributed by atoms with Gasteiger partial charge in [0.15, 0.2) is 0 Å². The summed E-state index contributed by atoms with van der Waals surface area (Å²) < 4.78 is 0. The molecule has 0 amide bonds. The van der Waals surface area contributed by atoms with E-state index >= 15 is 0 Å². The van der Waals surface area contributed by atoms with Crippen LogP contribution in [-0.2, 0) is 48.7 Å². The minimum atomic E-state index is -0.578. The van der Waals surface area contributed by atoms with Gasteiger partial charge >= 0.3 is 0 Å². The van der Waals surface area contributed by atoms with E-state index in [2.05, 4.69) is 293 Å². The van der Waals surface area contributed by atoms with Gasteiger partial charge in [0.05, 0.1) is 0 Å². The first-order valence-corrected chi connectivity index (χ1v) is 28.4. The third kappa shape index (κ3) is 11.8. The summed E-state index contributed by atoms with van der Waals surface area (Å²) in [6, 6.07) is 37.6. The average Bonchev–Trinajstić information content (AvgIpc) is 3.22. The van der Waals surface area contributed by atoms with Gasteiger partial charge in [-0.3, -0.25) is 0 Å². The molecule has 0 aliphatic heterocycles. The molecule has 0 unspecified atom stereocenters. The van der Waals surface area contributed by atoms with Gasteiger partial charge in [-0.2, -0.15) is 0 Å². The van der Waals surface area contributed by atoms with Gasteiger partial charge in [0.2, 0.25) is 0 Å². The summed E-state index contributed by atoms with van der Waals surface area (Å²) in [4.78, 5) is 0. The van der Waals surface area contributed by atoms with Crippen molar-refractivity contribution in [2.45, 2.75) is 256 Å². The smallest absolute Gasteiger partial charge is 0.0159 e. The zero-order chi connectivity index (χ0) is 57.1. The van der Waals surface area contributed by atoms with Crippen molar-refractivity contribution in [1.29, 1.82) is 0 Å². The van der Waals surface area contributed by atoms with E-state index in [1.165, 1.54) is 122 Å². The van der Waals surface area contributed by atoms with Crippen molar-refractivity contribution in [3.8, 4) is 44.5 Å². The van der Waals surface area contributed by atoms with Crippen molar-refractivity contribution >= 4 is 0 Å². The standard InChI is InChI=1S/C75H102/c1-45-37-53(67(5,6)7)61(54(38-45)68(8,9)10)49-33-31-35-51(63(49)65-57(71(17,18)19)41-47(3)42-58(65)72(20,21)22)75(29,30)52-36-32-34-50(62-55(69(11,12)13)39-46(2)40-56(62)70(14,15)16)64(52)66-59(73(23,24)25)43-48(4)44-60(66)74(26,27)28/h31-32,35-44H,1-30H3. The summed E-state index contributed by atoms with van der Waals surface area (Å²) in [5, 5.41) is 0. The fraction of sp³-hybridized carbons (Fsp3) is 0.520. The molecule has 0 aromatic heterocycles. The van der Waals surface area contributed by atoms with Crippen LogP contribution < -0.4 is 0 Å². The summed E-state index contributed by atoms with van der Waals surface area (Å²) in [6.07, 6.45) is 0. The van der Waals surface area contributed by atoms with Crippen molar-refractivity contribution in [1.82, 2.24) is 0 Å². The van der Waals surface area contributed by atoms with E-state index in [-0.39, 0.29) is 43.3 Å². The minimum Gasteiger partial charge on any atom is -0.0569 e. The van der Waals surface area contributed by atoms with Crippen LogP contribution in [0.25, 0.3) is 44.5 Å². The number of benzene rings is 6. The molecule has 402 valence electrons. The maximum Gasteiger partial charge on any atom is 0.0159 e. The van der Waals surface area contributed by atoms with E-state index in [0.29, 0.717) is 0 Å². The van der Waals surface area contributed by atoms with Crippen LogP contribution in [0.1, 0.15) is 258 Å². The highest BCUT2D eigenvalue weighted by Gasteiger charge is 2.41. The van der Waals surface area contributed by atoms with Crippen molar-refractivity contribution in [3.63, 3.8) is 0 Å². The van der Waals surface area contributed by atoms with E-state index in [9.17, 15) is 0 Å². The number of rotatable bonds is 6. The maximum absolute atomic E-state index is 4.13. The monoisotopic (exact) mass is 1000 g/mol. The molecular weight excluding hydrogens is 901 g/mol. The number of hydrogen-bond acceptors (Lipinski definition) is 0. The molecule has 0 atom stereocenters. The molecule has 0 nitrogen and oxygen atoms in total. The second-order valence-corrected chi connectivity index (χ2v) is 31.8. The Balaban J connectivity index is 2.06. The first-order valence-electron chi connectivity index (χ1n) is 28.4. The van der Waals surface area contributed by atoms with Gasteiger partial charge in [-0.25, -0.2) is 0 Å². The van der Waals surface area contributed by atoms with E-state index < -0.39 is 5.41 Å². The maximum atomic E-state index is 4.13. The molecule has 0 saturated carbocycles. The van der Waals surface area contributed by atoms with Crippen LogP contribution in [0.2, 0.25) is 0 Å². The quantitative estimate of drug-likeness (QED) is 0.156. The lowest BCUT2D eigenvalue weighted by Crippen LogP contribution is -2.27. The molecule has 0 heterocycles. The summed E-state index contributed by atoms with van der Waals surface area (Å²) in [5.74, 6) is 0. The molecule has 2 radical (unpaired) electrons. The lowest BCUT2D eigenvalue weighted by molar-refractivity contribution is 0.567. The van der Waals surface area contributed by atoms with Crippen LogP contribution in [0, 0.1) is 39.8 Å². The van der Waals surface area contributed by atoms with E-state index in [0.717, 1.165) is 0 Å². The number of aryl methyl sites for hydroxylation is 4. The Hall–Kier alpha value is -4.68. The fourth-order valence-corrected chi connectivity index (χ4v) is 12.1. The largest absolute Gasteiger partial charge is 0.0569 e. The first kappa shape index (κ1) is 59.6. The van der Waals surface area contributed by atoms with Gasteiger partial charge in [-0.15, -0.1) is 0 Å². The molecule has 0 fully saturated rings. The molecule has 0 saturated heterocycles. The summed E-state index contributed by atoms with van der Waals surface area (Å²) in [7, 11) is 0. The molecule has 0 heteroatoms. The minimum absolute atomic E-state index is 0.149. The molecule has 0 spiro atoms. The Labute approximate surface area is 461 Å². The zero-order valence-corrected chi connectivity index (χ0v) is 53.4. The van der Waals surface area contributed by atoms with Gasteiger partial charge in [0, 0.05) is 5.41 Å². The van der Waals surface area contributed by atoms with Crippen LogP contribution in [0.5, 0.6) is 0 Å². The van der Waals surface area contributed by atoms with E-state index in [4.69, 9.17) is 0 Å². The lowest BCUT2D eigenvalue weighted by Gasteiger charge is -2.40. The molecular formula is C75H102. The van der Waals surface area contributed by atoms with Crippen LogP contribution >= 0.6 is 0 Å². The van der Waals surface area contributed by atoms with Crippen molar-refractivity contribution < 1.29 is 0 Å². The van der Waals surface area contributed by atoms with Gasteiger partial charge in [0.1, 0.15) is 0 Å². The third-order valence-corrected chi connectivity index (χ3v) is 15.9. The van der Waals surface area contributed by atoms with Crippen LogP contribution in [0.4, 0.5) is 0 Å². The van der Waals surface area contributed by atoms with Crippen LogP contribution in [0.3, 0.4) is 0 Å². The molecule has 75 heavy (non-hydrogen) atoms. The summed E-state index contributed by atoms with van der Waals surface area (Å²) in [5.41, 5.74) is 27.3. The van der Waals surface area contributed by atoms with Crippen LogP contribution in [-0.4, -0.2) is 0 Å². The fourth-order valence-electron chi connectivity index (χ4n) is 12.1. The second-order valence-electron chi connectivity index (χ2n) is 31.8. The van der Waals surface area contributed by atoms with Crippen molar-refractivity contribution in [2.24, 2.45) is 0 Å². The van der Waals surface area contributed by atoms with Crippen molar-refractivity contribution in [3.05, 3.63) is 163 Å². The predicted octanol–water partition coefficient (Wildman–Crippen LogP) is 21.9. The normalized spacial score (nSPS) is 13.7. The average molecular weight is 1000 g/mol. The highest BCUT2D eigenvalue weighted by atomic mass is 14.4. The number of hydrogen-bond donors (Lipinski definition) is 0. The molecule has 0 bridgehead atoms.